The Morgan fingerprint density at radius 3 is 2.59 bits per heavy atom. The first-order valence-electron chi connectivity index (χ1n) is 12.4. The van der Waals surface area contributed by atoms with E-state index in [1.54, 1.807) is 19.6 Å². The van der Waals surface area contributed by atoms with Crippen LogP contribution in [0.15, 0.2) is 77.9 Å². The van der Waals surface area contributed by atoms with Crippen molar-refractivity contribution in [3.63, 3.8) is 0 Å². The van der Waals surface area contributed by atoms with Gasteiger partial charge in [-0.1, -0.05) is 18.2 Å². The highest BCUT2D eigenvalue weighted by molar-refractivity contribution is 5.98. The Morgan fingerprint density at radius 2 is 1.81 bits per heavy atom. The van der Waals surface area contributed by atoms with Crippen molar-refractivity contribution in [2.75, 3.05) is 50.6 Å². The number of furan rings is 1. The lowest BCUT2D eigenvalue weighted by Crippen LogP contribution is -2.44. The van der Waals surface area contributed by atoms with Crippen LogP contribution in [0, 0.1) is 0 Å². The van der Waals surface area contributed by atoms with Gasteiger partial charge in [0.1, 0.15) is 5.75 Å². The van der Waals surface area contributed by atoms with Crippen LogP contribution >= 0.6 is 0 Å². The molecule has 8 nitrogen and oxygen atoms in total. The van der Waals surface area contributed by atoms with Crippen LogP contribution in [0.1, 0.15) is 0 Å². The third-order valence-electron chi connectivity index (χ3n) is 7.05. The molecular weight excluding hydrogens is 464 g/mol. The molecule has 0 saturated carbocycles. The van der Waals surface area contributed by atoms with E-state index < -0.39 is 0 Å². The van der Waals surface area contributed by atoms with Gasteiger partial charge in [0.05, 0.1) is 31.0 Å². The SMILES string of the molecule is COc1cc(Nc2ncc(-c3ccoc3)c(-c3cn(C)c4ccccc34)n2)ccc1N1CCN(C)CC1. The number of nitrogens with zero attached hydrogens (tertiary/aromatic N) is 5. The van der Waals surface area contributed by atoms with Crippen molar-refractivity contribution >= 4 is 28.2 Å². The maximum absolute atomic E-state index is 5.77. The van der Waals surface area contributed by atoms with Gasteiger partial charge in [0, 0.05) is 85.0 Å². The Morgan fingerprint density at radius 1 is 0.973 bits per heavy atom. The number of rotatable bonds is 6. The normalized spacial score (nSPS) is 14.3. The number of likely N-dealkylation sites (N-methyl/N-ethyl adjacent to an activating group) is 1. The predicted octanol–water partition coefficient (Wildman–Crippen LogP) is 5.40. The molecule has 188 valence electrons. The van der Waals surface area contributed by atoms with Crippen molar-refractivity contribution in [2.24, 2.45) is 7.05 Å². The number of aryl methyl sites for hydroxylation is 1. The molecule has 5 aromatic rings. The van der Waals surface area contributed by atoms with Crippen LogP contribution in [0.25, 0.3) is 33.3 Å². The molecule has 0 radical (unpaired) electrons. The summed E-state index contributed by atoms with van der Waals surface area (Å²) in [5.41, 5.74) is 6.86. The number of anilines is 3. The number of piperazine rings is 1. The lowest BCUT2D eigenvalue weighted by molar-refractivity contribution is 0.311. The fourth-order valence-electron chi connectivity index (χ4n) is 5.00. The van der Waals surface area contributed by atoms with Gasteiger partial charge in [-0.05, 0) is 31.3 Å². The highest BCUT2D eigenvalue weighted by Gasteiger charge is 2.20. The van der Waals surface area contributed by atoms with E-state index in [1.807, 2.05) is 18.3 Å². The van der Waals surface area contributed by atoms with Crippen LogP contribution in [0.3, 0.4) is 0 Å². The van der Waals surface area contributed by atoms with Crippen molar-refractivity contribution in [1.82, 2.24) is 19.4 Å². The summed E-state index contributed by atoms with van der Waals surface area (Å²) in [6.45, 7) is 4.03. The molecule has 2 aromatic carbocycles. The molecule has 0 aliphatic carbocycles. The summed E-state index contributed by atoms with van der Waals surface area (Å²) in [4.78, 5) is 14.4. The van der Waals surface area contributed by atoms with Gasteiger partial charge in [-0.2, -0.15) is 0 Å². The molecule has 37 heavy (non-hydrogen) atoms. The Balaban J connectivity index is 1.37. The van der Waals surface area contributed by atoms with Crippen LogP contribution < -0.4 is 15.0 Å². The first-order valence-corrected chi connectivity index (χ1v) is 12.4. The van der Waals surface area contributed by atoms with E-state index in [4.69, 9.17) is 14.1 Å². The summed E-state index contributed by atoms with van der Waals surface area (Å²) in [5, 5.41) is 4.53. The van der Waals surface area contributed by atoms with Crippen LogP contribution in [0.5, 0.6) is 5.75 Å². The Bertz CT molecular complexity index is 1530. The average molecular weight is 495 g/mol. The molecule has 1 aliphatic rings. The largest absolute Gasteiger partial charge is 0.495 e. The molecule has 3 aromatic heterocycles. The maximum atomic E-state index is 5.77. The minimum Gasteiger partial charge on any atom is -0.495 e. The minimum atomic E-state index is 0.518. The second-order valence-electron chi connectivity index (χ2n) is 9.44. The zero-order valence-corrected chi connectivity index (χ0v) is 21.3. The molecule has 1 fully saturated rings. The number of fused-ring (bicyclic) bond motifs is 1. The Labute approximate surface area is 216 Å². The minimum absolute atomic E-state index is 0.518. The number of nitrogens with one attached hydrogen (secondary N) is 1. The van der Waals surface area contributed by atoms with Gasteiger partial charge in [0.15, 0.2) is 0 Å². The summed E-state index contributed by atoms with van der Waals surface area (Å²) in [6, 6.07) is 16.5. The van der Waals surface area contributed by atoms with Crippen LogP contribution in [0.4, 0.5) is 17.3 Å². The predicted molar refractivity (Wildman–Crippen MR) is 148 cm³/mol. The maximum Gasteiger partial charge on any atom is 0.227 e. The van der Waals surface area contributed by atoms with Gasteiger partial charge < -0.3 is 28.8 Å². The molecule has 1 aliphatic heterocycles. The number of para-hydroxylation sites is 1. The molecule has 0 unspecified atom stereocenters. The molecule has 0 spiro atoms. The number of benzene rings is 2. The van der Waals surface area contributed by atoms with Crippen molar-refractivity contribution in [3.05, 3.63) is 73.5 Å². The van der Waals surface area contributed by atoms with E-state index in [-0.39, 0.29) is 0 Å². The monoisotopic (exact) mass is 494 g/mol. The molecule has 1 N–H and O–H groups in total. The van der Waals surface area contributed by atoms with Crippen molar-refractivity contribution in [3.8, 4) is 28.1 Å². The summed E-state index contributed by atoms with van der Waals surface area (Å²) >= 11 is 0. The molecule has 4 heterocycles. The van der Waals surface area contributed by atoms with Gasteiger partial charge in [0.25, 0.3) is 0 Å². The second-order valence-corrected chi connectivity index (χ2v) is 9.44. The van der Waals surface area contributed by atoms with E-state index in [2.05, 4.69) is 81.4 Å². The van der Waals surface area contributed by atoms with Gasteiger partial charge in [-0.15, -0.1) is 0 Å². The molecule has 6 rings (SSSR count). The molecule has 1 saturated heterocycles. The number of hydrogen-bond donors (Lipinski definition) is 1. The van der Waals surface area contributed by atoms with E-state index in [1.165, 1.54) is 0 Å². The standard InChI is InChI=1S/C29H30N6O2/c1-33-11-13-35(14-12-33)26-9-8-21(16-27(26)36-3)31-29-30-17-23(20-10-15-37-19-20)28(32-29)24-18-34(2)25-7-5-4-6-22(24)25/h4-10,15-19H,11-14H2,1-3H3,(H,30,31,32). The van der Waals surface area contributed by atoms with Gasteiger partial charge in [-0.3, -0.25) is 0 Å². The summed E-state index contributed by atoms with van der Waals surface area (Å²) in [6.07, 6.45) is 7.37. The number of aromatic nitrogens is 3. The molecule has 0 atom stereocenters. The number of hydrogen-bond acceptors (Lipinski definition) is 7. The third kappa shape index (κ3) is 4.40. The highest BCUT2D eigenvalue weighted by Crippen LogP contribution is 2.37. The third-order valence-corrected chi connectivity index (χ3v) is 7.05. The van der Waals surface area contributed by atoms with Crippen LogP contribution in [-0.4, -0.2) is 59.8 Å². The van der Waals surface area contributed by atoms with Gasteiger partial charge >= 0.3 is 0 Å². The zero-order valence-electron chi connectivity index (χ0n) is 21.3. The summed E-state index contributed by atoms with van der Waals surface area (Å²) < 4.78 is 13.3. The average Bonchev–Trinajstić information content (AvgIpc) is 3.58. The second kappa shape index (κ2) is 9.63. The fourth-order valence-corrected chi connectivity index (χ4v) is 5.00. The fraction of sp³-hybridized carbons (Fsp3) is 0.241. The van der Waals surface area contributed by atoms with E-state index >= 15 is 0 Å². The first kappa shape index (κ1) is 23.1. The van der Waals surface area contributed by atoms with E-state index in [9.17, 15) is 0 Å². The first-order chi connectivity index (χ1) is 18.1. The Hall–Kier alpha value is -4.30. The van der Waals surface area contributed by atoms with Gasteiger partial charge in [0.2, 0.25) is 5.95 Å². The Kier molecular flexibility index (Phi) is 6.02. The topological polar surface area (TPSA) is 71.6 Å². The van der Waals surface area contributed by atoms with E-state index in [0.717, 1.165) is 76.6 Å². The lowest BCUT2D eigenvalue weighted by atomic mass is 10.0. The summed E-state index contributed by atoms with van der Waals surface area (Å²) in [5.74, 6) is 1.35. The lowest BCUT2D eigenvalue weighted by Gasteiger charge is -2.34. The summed E-state index contributed by atoms with van der Waals surface area (Å²) in [7, 11) is 5.93. The molecule has 0 bridgehead atoms. The van der Waals surface area contributed by atoms with Crippen molar-refractivity contribution < 1.29 is 9.15 Å². The molecular formula is C29H30N6O2. The quantitative estimate of drug-likeness (QED) is 0.339. The van der Waals surface area contributed by atoms with Crippen molar-refractivity contribution in [2.45, 2.75) is 0 Å². The number of ether oxygens (including phenoxy) is 1. The smallest absolute Gasteiger partial charge is 0.227 e. The highest BCUT2D eigenvalue weighted by atomic mass is 16.5. The van der Waals surface area contributed by atoms with Crippen LogP contribution in [0.2, 0.25) is 0 Å². The number of methoxy groups -OCH3 is 1. The van der Waals surface area contributed by atoms with Gasteiger partial charge in [-0.25, -0.2) is 9.97 Å². The van der Waals surface area contributed by atoms with Crippen LogP contribution in [-0.2, 0) is 7.05 Å². The molecule has 0 amide bonds. The van der Waals surface area contributed by atoms with Crippen molar-refractivity contribution in [1.29, 1.82) is 0 Å². The van der Waals surface area contributed by atoms with E-state index in [0.29, 0.717) is 5.95 Å². The molecule has 8 heteroatoms. The zero-order chi connectivity index (χ0) is 25.4.